The summed E-state index contributed by atoms with van der Waals surface area (Å²) >= 11 is 0. The van der Waals surface area contributed by atoms with Gasteiger partial charge in [0.25, 0.3) is 0 Å². The molecule has 0 rings (SSSR count). The Bertz CT molecular complexity index is 298. The molecule has 9 heteroatoms. The minimum atomic E-state index is -4.90. The summed E-state index contributed by atoms with van der Waals surface area (Å²) in [6.07, 6.45) is 0. The second-order valence-electron chi connectivity index (χ2n) is 2.76. The summed E-state index contributed by atoms with van der Waals surface area (Å²) in [6.45, 7) is 0.585. The van der Waals surface area contributed by atoms with Crippen LogP contribution in [0.25, 0.3) is 0 Å². The average molecular weight is 241 g/mol. The Hall–Kier alpha value is -0.950. The van der Waals surface area contributed by atoms with Crippen molar-refractivity contribution in [3.63, 3.8) is 0 Å². The Morgan fingerprint density at radius 1 is 1.33 bits per heavy atom. The third-order valence-electron chi connectivity index (χ3n) is 1.63. The van der Waals surface area contributed by atoms with E-state index in [1.54, 1.807) is 0 Å². The zero-order chi connectivity index (χ0) is 12.2. The predicted octanol–water partition coefficient (Wildman–Crippen LogP) is -1.02. The van der Waals surface area contributed by atoms with E-state index in [0.717, 1.165) is 0 Å². The normalized spacial score (nSPS) is 13.9. The van der Waals surface area contributed by atoms with Crippen LogP contribution in [0, 0.1) is 0 Å². The van der Waals surface area contributed by atoms with Crippen molar-refractivity contribution in [2.24, 2.45) is 0 Å². The SMILES string of the molecule is CCN(CC(=O)O)C(C(=O)O)P(=O)(O)O. The molecule has 0 aliphatic carbocycles. The standard InChI is InChI=1S/C6H12NO7P/c1-2-7(3-4(8)9)5(6(10)11)15(12,13)14/h5H,2-3H2,1H3,(H,8,9)(H,10,11)(H2,12,13,14). The van der Waals surface area contributed by atoms with Gasteiger partial charge < -0.3 is 20.0 Å². The molecule has 15 heavy (non-hydrogen) atoms. The zero-order valence-electron chi connectivity index (χ0n) is 7.90. The molecule has 0 bridgehead atoms. The van der Waals surface area contributed by atoms with Gasteiger partial charge in [-0.15, -0.1) is 0 Å². The number of likely N-dealkylation sites (N-methyl/N-ethyl adjacent to an activating group) is 1. The molecule has 0 fully saturated rings. The first-order valence-electron chi connectivity index (χ1n) is 3.94. The van der Waals surface area contributed by atoms with Gasteiger partial charge in [0.1, 0.15) is 0 Å². The van der Waals surface area contributed by atoms with E-state index in [-0.39, 0.29) is 6.54 Å². The quantitative estimate of drug-likeness (QED) is 0.434. The van der Waals surface area contributed by atoms with Gasteiger partial charge >= 0.3 is 19.5 Å². The van der Waals surface area contributed by atoms with Crippen LogP contribution in [-0.2, 0) is 14.2 Å². The number of carboxylic acid groups (broad SMARTS) is 2. The summed E-state index contributed by atoms with van der Waals surface area (Å²) in [5.41, 5.74) is 0. The number of carbonyl (C=O) groups is 2. The van der Waals surface area contributed by atoms with Crippen molar-refractivity contribution < 1.29 is 34.2 Å². The van der Waals surface area contributed by atoms with Crippen molar-refractivity contribution in [1.29, 1.82) is 0 Å². The van der Waals surface area contributed by atoms with Gasteiger partial charge in [0, 0.05) is 0 Å². The maximum Gasteiger partial charge on any atom is 0.354 e. The van der Waals surface area contributed by atoms with Crippen molar-refractivity contribution in [3.8, 4) is 0 Å². The van der Waals surface area contributed by atoms with Crippen LogP contribution < -0.4 is 0 Å². The minimum absolute atomic E-state index is 0.0889. The molecule has 0 aliphatic heterocycles. The lowest BCUT2D eigenvalue weighted by molar-refractivity contribution is -0.143. The third-order valence-corrected chi connectivity index (χ3v) is 2.81. The second kappa shape index (κ2) is 5.22. The summed E-state index contributed by atoms with van der Waals surface area (Å²) in [5.74, 6) is -5.21. The first-order valence-corrected chi connectivity index (χ1v) is 5.62. The molecule has 0 saturated carbocycles. The predicted molar refractivity (Wildman–Crippen MR) is 48.4 cm³/mol. The van der Waals surface area contributed by atoms with Crippen molar-refractivity contribution in [3.05, 3.63) is 0 Å². The molecular weight excluding hydrogens is 229 g/mol. The molecule has 1 atom stereocenters. The number of aliphatic carboxylic acids is 2. The first kappa shape index (κ1) is 14.1. The van der Waals surface area contributed by atoms with Gasteiger partial charge in [-0.1, -0.05) is 6.92 Å². The number of nitrogens with zero attached hydrogens (tertiary/aromatic N) is 1. The summed E-state index contributed by atoms with van der Waals surface area (Å²) in [4.78, 5) is 39.1. The Balaban J connectivity index is 4.96. The molecule has 1 unspecified atom stereocenters. The van der Waals surface area contributed by atoms with E-state index in [0.29, 0.717) is 4.90 Å². The largest absolute Gasteiger partial charge is 0.480 e. The van der Waals surface area contributed by atoms with Crippen LogP contribution in [0.1, 0.15) is 6.92 Å². The number of carboxylic acids is 2. The minimum Gasteiger partial charge on any atom is -0.480 e. The van der Waals surface area contributed by atoms with Crippen LogP contribution in [0.3, 0.4) is 0 Å². The molecule has 0 saturated heterocycles. The molecule has 0 amide bonds. The summed E-state index contributed by atoms with van der Waals surface area (Å²) < 4.78 is 10.8. The third kappa shape index (κ3) is 4.39. The highest BCUT2D eigenvalue weighted by Gasteiger charge is 2.40. The van der Waals surface area contributed by atoms with Crippen LogP contribution >= 0.6 is 7.60 Å². The molecule has 0 aromatic heterocycles. The van der Waals surface area contributed by atoms with Gasteiger partial charge in [-0.25, -0.2) is 4.79 Å². The topological polar surface area (TPSA) is 135 Å². The summed E-state index contributed by atoms with van der Waals surface area (Å²) in [6, 6.07) is 0. The van der Waals surface area contributed by atoms with Gasteiger partial charge in [0.05, 0.1) is 6.54 Å². The van der Waals surface area contributed by atoms with Crippen LogP contribution in [-0.4, -0.2) is 55.7 Å². The van der Waals surface area contributed by atoms with Crippen LogP contribution in [0.4, 0.5) is 0 Å². The summed E-state index contributed by atoms with van der Waals surface area (Å²) in [7, 11) is -4.90. The fraction of sp³-hybridized carbons (Fsp3) is 0.667. The van der Waals surface area contributed by atoms with Gasteiger partial charge in [-0.05, 0) is 6.54 Å². The second-order valence-corrected chi connectivity index (χ2v) is 4.43. The van der Waals surface area contributed by atoms with Crippen molar-refractivity contribution in [2.45, 2.75) is 12.7 Å². The van der Waals surface area contributed by atoms with Crippen molar-refractivity contribution in [1.82, 2.24) is 4.90 Å². The molecule has 0 aromatic carbocycles. The molecule has 8 nitrogen and oxygen atoms in total. The van der Waals surface area contributed by atoms with E-state index in [1.807, 2.05) is 0 Å². The first-order chi connectivity index (χ1) is 6.70. The van der Waals surface area contributed by atoms with Gasteiger partial charge in [-0.3, -0.25) is 14.3 Å². The molecule has 0 radical (unpaired) electrons. The molecular formula is C6H12NO7P. The molecule has 0 aliphatic rings. The smallest absolute Gasteiger partial charge is 0.354 e. The number of rotatable bonds is 6. The number of hydrogen-bond donors (Lipinski definition) is 4. The lowest BCUT2D eigenvalue weighted by atomic mass is 10.4. The Labute approximate surface area is 85.3 Å². The fourth-order valence-electron chi connectivity index (χ4n) is 1.06. The number of hydrogen-bond acceptors (Lipinski definition) is 4. The Morgan fingerprint density at radius 3 is 2.00 bits per heavy atom. The lowest BCUT2D eigenvalue weighted by Gasteiger charge is -2.25. The molecule has 0 aromatic rings. The fourth-order valence-corrected chi connectivity index (χ4v) is 2.02. The van der Waals surface area contributed by atoms with E-state index in [2.05, 4.69) is 0 Å². The van der Waals surface area contributed by atoms with Crippen LogP contribution in [0.5, 0.6) is 0 Å². The average Bonchev–Trinajstić information content (AvgIpc) is 1.98. The van der Waals surface area contributed by atoms with E-state index >= 15 is 0 Å². The Kier molecular flexibility index (Phi) is 4.89. The van der Waals surface area contributed by atoms with Crippen molar-refractivity contribution in [2.75, 3.05) is 13.1 Å². The molecule has 88 valence electrons. The molecule has 0 spiro atoms. The summed E-state index contributed by atoms with van der Waals surface area (Å²) in [5, 5.41) is 17.0. The highest BCUT2D eigenvalue weighted by Crippen LogP contribution is 2.42. The highest BCUT2D eigenvalue weighted by molar-refractivity contribution is 7.53. The maximum atomic E-state index is 10.8. The maximum absolute atomic E-state index is 10.8. The lowest BCUT2D eigenvalue weighted by Crippen LogP contribution is -2.43. The zero-order valence-corrected chi connectivity index (χ0v) is 8.79. The molecule has 4 N–H and O–H groups in total. The van der Waals surface area contributed by atoms with Gasteiger partial charge in [-0.2, -0.15) is 0 Å². The van der Waals surface area contributed by atoms with Crippen molar-refractivity contribution >= 4 is 19.5 Å². The van der Waals surface area contributed by atoms with E-state index in [9.17, 15) is 14.2 Å². The Morgan fingerprint density at radius 2 is 1.80 bits per heavy atom. The highest BCUT2D eigenvalue weighted by atomic mass is 31.2. The monoisotopic (exact) mass is 241 g/mol. The van der Waals surface area contributed by atoms with Crippen LogP contribution in [0.15, 0.2) is 0 Å². The van der Waals surface area contributed by atoms with Gasteiger partial charge in [0.2, 0.25) is 5.78 Å². The van der Waals surface area contributed by atoms with E-state index in [1.165, 1.54) is 6.92 Å². The van der Waals surface area contributed by atoms with Crippen LogP contribution in [0.2, 0.25) is 0 Å². The van der Waals surface area contributed by atoms with E-state index in [4.69, 9.17) is 20.0 Å². The van der Waals surface area contributed by atoms with E-state index < -0.39 is 31.9 Å². The van der Waals surface area contributed by atoms with Gasteiger partial charge in [0.15, 0.2) is 0 Å². The molecule has 0 heterocycles.